The van der Waals surface area contributed by atoms with Crippen LogP contribution >= 0.6 is 0 Å². The van der Waals surface area contributed by atoms with Crippen molar-refractivity contribution in [1.29, 1.82) is 0 Å². The van der Waals surface area contributed by atoms with Crippen LogP contribution in [0, 0.1) is 6.92 Å². The fourth-order valence-electron chi connectivity index (χ4n) is 3.16. The third-order valence-electron chi connectivity index (χ3n) is 4.58. The van der Waals surface area contributed by atoms with E-state index in [1.165, 1.54) is 6.33 Å². The third kappa shape index (κ3) is 2.71. The molecule has 26 heavy (non-hydrogen) atoms. The van der Waals surface area contributed by atoms with Crippen LogP contribution < -0.4 is 0 Å². The van der Waals surface area contributed by atoms with Gasteiger partial charge in [-0.1, -0.05) is 37.3 Å². The van der Waals surface area contributed by atoms with Gasteiger partial charge in [0, 0.05) is 17.7 Å². The SMILES string of the molecule is CCc1nc(-c2c(-c3ccccc3)ncn2[C@@H](C)c2ncn[nH]2)c(C)[nH]1. The van der Waals surface area contributed by atoms with Crippen molar-refractivity contribution in [3.63, 3.8) is 0 Å². The summed E-state index contributed by atoms with van der Waals surface area (Å²) in [4.78, 5) is 17.2. The molecule has 0 aliphatic rings. The van der Waals surface area contributed by atoms with E-state index in [1.54, 1.807) is 0 Å². The van der Waals surface area contributed by atoms with Gasteiger partial charge in [-0.25, -0.2) is 15.0 Å². The number of imidazole rings is 2. The van der Waals surface area contributed by atoms with Gasteiger partial charge in [-0.3, -0.25) is 5.10 Å². The standard InChI is InChI=1S/C19H21N7/c1-4-15-23-12(2)16(24-15)18-17(14-8-6-5-7-9-14)21-11-26(18)13(3)19-20-10-22-25-19/h5-11,13H,4H2,1-3H3,(H,23,24)(H,20,22,25)/t13-/m0/s1. The minimum absolute atomic E-state index is 0.0429. The van der Waals surface area contributed by atoms with Crippen molar-refractivity contribution < 1.29 is 0 Å². The van der Waals surface area contributed by atoms with Crippen LogP contribution in [-0.2, 0) is 6.42 Å². The second kappa shape index (κ2) is 6.59. The maximum absolute atomic E-state index is 4.82. The molecule has 3 aromatic heterocycles. The van der Waals surface area contributed by atoms with Gasteiger partial charge in [0.05, 0.1) is 23.8 Å². The summed E-state index contributed by atoms with van der Waals surface area (Å²) in [6, 6.07) is 10.1. The summed E-state index contributed by atoms with van der Waals surface area (Å²) in [5.74, 6) is 1.75. The Balaban J connectivity index is 1.93. The van der Waals surface area contributed by atoms with Gasteiger partial charge in [0.25, 0.3) is 0 Å². The number of hydrogen-bond acceptors (Lipinski definition) is 4. The fraction of sp³-hybridized carbons (Fsp3) is 0.263. The van der Waals surface area contributed by atoms with Crippen molar-refractivity contribution >= 4 is 0 Å². The van der Waals surface area contributed by atoms with Crippen LogP contribution in [0.25, 0.3) is 22.6 Å². The van der Waals surface area contributed by atoms with Gasteiger partial charge in [0.15, 0.2) is 0 Å². The molecule has 0 saturated heterocycles. The summed E-state index contributed by atoms with van der Waals surface area (Å²) in [6.45, 7) is 6.21. The average molecular weight is 347 g/mol. The lowest BCUT2D eigenvalue weighted by molar-refractivity contribution is 0.606. The summed E-state index contributed by atoms with van der Waals surface area (Å²) in [7, 11) is 0. The van der Waals surface area contributed by atoms with Crippen LogP contribution in [0.2, 0.25) is 0 Å². The van der Waals surface area contributed by atoms with Crippen molar-refractivity contribution in [3.8, 4) is 22.6 Å². The van der Waals surface area contributed by atoms with E-state index >= 15 is 0 Å². The number of aromatic nitrogens is 7. The first kappa shape index (κ1) is 16.3. The first-order valence-corrected chi connectivity index (χ1v) is 8.72. The molecule has 132 valence electrons. The first-order valence-electron chi connectivity index (χ1n) is 8.72. The Kier molecular flexibility index (Phi) is 4.12. The normalized spacial score (nSPS) is 12.4. The predicted octanol–water partition coefficient (Wildman–Crippen LogP) is 3.54. The van der Waals surface area contributed by atoms with Gasteiger partial charge >= 0.3 is 0 Å². The molecule has 3 heterocycles. The highest BCUT2D eigenvalue weighted by Gasteiger charge is 2.23. The van der Waals surface area contributed by atoms with E-state index in [9.17, 15) is 0 Å². The lowest BCUT2D eigenvalue weighted by Crippen LogP contribution is -2.10. The maximum Gasteiger partial charge on any atom is 0.147 e. The van der Waals surface area contributed by atoms with Crippen molar-refractivity contribution in [2.24, 2.45) is 0 Å². The molecule has 1 aromatic carbocycles. The van der Waals surface area contributed by atoms with Gasteiger partial charge in [-0.2, -0.15) is 5.10 Å². The van der Waals surface area contributed by atoms with Crippen LogP contribution in [0.4, 0.5) is 0 Å². The molecular weight excluding hydrogens is 326 g/mol. The molecule has 7 heteroatoms. The molecule has 0 amide bonds. The summed E-state index contributed by atoms with van der Waals surface area (Å²) in [5, 5.41) is 6.94. The molecule has 2 N–H and O–H groups in total. The van der Waals surface area contributed by atoms with Gasteiger partial charge < -0.3 is 9.55 Å². The van der Waals surface area contributed by atoms with Crippen LogP contribution in [0.1, 0.15) is 37.2 Å². The van der Waals surface area contributed by atoms with E-state index in [0.29, 0.717) is 0 Å². The Morgan fingerprint density at radius 1 is 1.12 bits per heavy atom. The topological polar surface area (TPSA) is 88.1 Å². The molecule has 0 fully saturated rings. The summed E-state index contributed by atoms with van der Waals surface area (Å²) < 4.78 is 2.10. The van der Waals surface area contributed by atoms with Crippen LogP contribution in [0.3, 0.4) is 0 Å². The molecule has 0 spiro atoms. The molecule has 0 aliphatic carbocycles. The third-order valence-corrected chi connectivity index (χ3v) is 4.58. The smallest absolute Gasteiger partial charge is 0.147 e. The molecule has 0 radical (unpaired) electrons. The summed E-state index contributed by atoms with van der Waals surface area (Å²) in [5.41, 5.74) is 4.91. The predicted molar refractivity (Wildman–Crippen MR) is 99.6 cm³/mol. The molecule has 4 rings (SSSR count). The van der Waals surface area contributed by atoms with E-state index in [-0.39, 0.29) is 6.04 Å². The number of rotatable bonds is 5. The van der Waals surface area contributed by atoms with Crippen molar-refractivity contribution in [1.82, 2.24) is 34.7 Å². The zero-order valence-corrected chi connectivity index (χ0v) is 15.1. The Morgan fingerprint density at radius 2 is 1.92 bits per heavy atom. The van der Waals surface area contributed by atoms with Gasteiger partial charge in [-0.15, -0.1) is 0 Å². The quantitative estimate of drug-likeness (QED) is 0.578. The molecule has 0 unspecified atom stereocenters. The van der Waals surface area contributed by atoms with Crippen molar-refractivity contribution in [2.75, 3.05) is 0 Å². The van der Waals surface area contributed by atoms with E-state index in [1.807, 2.05) is 31.5 Å². The monoisotopic (exact) mass is 347 g/mol. The molecular formula is C19H21N7. The zero-order chi connectivity index (χ0) is 18.1. The minimum atomic E-state index is -0.0429. The molecule has 0 bridgehead atoms. The fourth-order valence-corrected chi connectivity index (χ4v) is 3.16. The lowest BCUT2D eigenvalue weighted by Gasteiger charge is -2.14. The number of benzene rings is 1. The van der Waals surface area contributed by atoms with E-state index in [4.69, 9.17) is 9.97 Å². The summed E-state index contributed by atoms with van der Waals surface area (Å²) in [6.07, 6.45) is 4.23. The van der Waals surface area contributed by atoms with Gasteiger partial charge in [0.2, 0.25) is 0 Å². The number of aryl methyl sites for hydroxylation is 2. The van der Waals surface area contributed by atoms with E-state index < -0.39 is 0 Å². The molecule has 7 nitrogen and oxygen atoms in total. The zero-order valence-electron chi connectivity index (χ0n) is 15.1. The second-order valence-corrected chi connectivity index (χ2v) is 6.27. The molecule has 0 aliphatic heterocycles. The van der Waals surface area contributed by atoms with E-state index in [2.05, 4.69) is 50.7 Å². The number of H-pyrrole nitrogens is 2. The highest BCUT2D eigenvalue weighted by molar-refractivity contribution is 5.78. The number of aromatic amines is 2. The second-order valence-electron chi connectivity index (χ2n) is 6.27. The summed E-state index contributed by atoms with van der Waals surface area (Å²) >= 11 is 0. The first-order chi connectivity index (χ1) is 12.7. The van der Waals surface area contributed by atoms with Crippen molar-refractivity contribution in [2.45, 2.75) is 33.2 Å². The average Bonchev–Trinajstić information content (AvgIpc) is 3.41. The van der Waals surface area contributed by atoms with Crippen LogP contribution in [0.5, 0.6) is 0 Å². The Bertz CT molecular complexity index is 996. The molecule has 4 aromatic rings. The van der Waals surface area contributed by atoms with Gasteiger partial charge in [-0.05, 0) is 13.8 Å². The highest BCUT2D eigenvalue weighted by Crippen LogP contribution is 2.34. The Morgan fingerprint density at radius 3 is 2.58 bits per heavy atom. The number of nitrogens with one attached hydrogen (secondary N) is 2. The Labute approximate surface area is 151 Å². The van der Waals surface area contributed by atoms with Gasteiger partial charge in [0.1, 0.15) is 23.7 Å². The lowest BCUT2D eigenvalue weighted by atomic mass is 10.1. The molecule has 1 atom stereocenters. The molecule has 0 saturated carbocycles. The number of nitrogens with zero attached hydrogens (tertiary/aromatic N) is 5. The number of hydrogen-bond donors (Lipinski definition) is 2. The van der Waals surface area contributed by atoms with Crippen LogP contribution in [-0.4, -0.2) is 34.7 Å². The van der Waals surface area contributed by atoms with Crippen LogP contribution in [0.15, 0.2) is 43.0 Å². The van der Waals surface area contributed by atoms with Crippen molar-refractivity contribution in [3.05, 3.63) is 60.3 Å². The largest absolute Gasteiger partial charge is 0.346 e. The minimum Gasteiger partial charge on any atom is -0.346 e. The Hall–Kier alpha value is -3.22. The maximum atomic E-state index is 4.82. The van der Waals surface area contributed by atoms with E-state index in [0.717, 1.165) is 46.4 Å². The highest BCUT2D eigenvalue weighted by atomic mass is 15.2.